The molecule has 0 aliphatic rings. The van der Waals surface area contributed by atoms with E-state index in [9.17, 15) is 0 Å². The lowest BCUT2D eigenvalue weighted by molar-refractivity contribution is 0.315. The molecule has 0 saturated carbocycles. The predicted molar refractivity (Wildman–Crippen MR) is 75.7 cm³/mol. The van der Waals surface area contributed by atoms with E-state index in [4.69, 9.17) is 0 Å². The van der Waals surface area contributed by atoms with Crippen molar-refractivity contribution in [3.05, 3.63) is 40.5 Å². The van der Waals surface area contributed by atoms with E-state index >= 15 is 0 Å². The van der Waals surface area contributed by atoms with Crippen molar-refractivity contribution < 1.29 is 0 Å². The molecule has 2 aromatic heterocycles. The average Bonchev–Trinajstić information content (AvgIpc) is 2.84. The minimum absolute atomic E-state index is 0.873. The van der Waals surface area contributed by atoms with Crippen molar-refractivity contribution in [2.75, 3.05) is 18.9 Å². The van der Waals surface area contributed by atoms with Gasteiger partial charge in [0.05, 0.1) is 11.2 Å². The third kappa shape index (κ3) is 3.78. The molecule has 0 aliphatic heterocycles. The van der Waals surface area contributed by atoms with Crippen LogP contribution in [0.4, 0.5) is 5.82 Å². The van der Waals surface area contributed by atoms with Gasteiger partial charge in [0.2, 0.25) is 0 Å². The number of hydrogen-bond donors (Lipinski definition) is 1. The van der Waals surface area contributed by atoms with Gasteiger partial charge in [0.1, 0.15) is 5.82 Å². The van der Waals surface area contributed by atoms with E-state index in [-0.39, 0.29) is 0 Å². The zero-order valence-electron chi connectivity index (χ0n) is 10.8. The highest BCUT2D eigenvalue weighted by Crippen LogP contribution is 2.09. The summed E-state index contributed by atoms with van der Waals surface area (Å²) in [5.41, 5.74) is 4.21. The van der Waals surface area contributed by atoms with Gasteiger partial charge in [0.15, 0.2) is 0 Å². The quantitative estimate of drug-likeness (QED) is 0.869. The van der Waals surface area contributed by atoms with Crippen molar-refractivity contribution in [3.8, 4) is 0 Å². The zero-order valence-corrected chi connectivity index (χ0v) is 11.6. The molecule has 2 aromatic rings. The number of nitrogens with one attached hydrogen (secondary N) is 1. The van der Waals surface area contributed by atoms with Gasteiger partial charge < -0.3 is 5.32 Å². The lowest BCUT2D eigenvalue weighted by Crippen LogP contribution is -2.17. The van der Waals surface area contributed by atoms with Crippen LogP contribution in [-0.2, 0) is 13.1 Å². The SMILES string of the molecule is CCNc1ccc(CN(C)Cc2cscn2)cn1. The van der Waals surface area contributed by atoms with Crippen molar-refractivity contribution >= 4 is 17.2 Å². The molecule has 0 atom stereocenters. The van der Waals surface area contributed by atoms with Gasteiger partial charge in [-0.15, -0.1) is 11.3 Å². The number of pyridine rings is 1. The summed E-state index contributed by atoms with van der Waals surface area (Å²) >= 11 is 1.64. The Morgan fingerprint density at radius 2 is 2.17 bits per heavy atom. The lowest BCUT2D eigenvalue weighted by Gasteiger charge is -2.15. The molecule has 5 heteroatoms. The van der Waals surface area contributed by atoms with Crippen molar-refractivity contribution in [1.82, 2.24) is 14.9 Å². The van der Waals surface area contributed by atoms with E-state index in [1.165, 1.54) is 5.56 Å². The topological polar surface area (TPSA) is 41.0 Å². The van der Waals surface area contributed by atoms with Crippen LogP contribution in [0.5, 0.6) is 0 Å². The molecule has 96 valence electrons. The van der Waals surface area contributed by atoms with Crippen LogP contribution in [0.2, 0.25) is 0 Å². The molecule has 0 radical (unpaired) electrons. The monoisotopic (exact) mass is 262 g/mol. The Hall–Kier alpha value is -1.46. The molecule has 0 unspecified atom stereocenters. The molecule has 0 spiro atoms. The minimum Gasteiger partial charge on any atom is -0.370 e. The normalized spacial score (nSPS) is 10.8. The lowest BCUT2D eigenvalue weighted by atomic mass is 10.2. The average molecular weight is 262 g/mol. The fraction of sp³-hybridized carbons (Fsp3) is 0.385. The molecule has 0 fully saturated rings. The Bertz CT molecular complexity index is 452. The highest BCUT2D eigenvalue weighted by molar-refractivity contribution is 7.07. The molecular formula is C13H18N4S. The maximum atomic E-state index is 4.37. The van der Waals surface area contributed by atoms with Crippen molar-refractivity contribution in [2.45, 2.75) is 20.0 Å². The highest BCUT2D eigenvalue weighted by atomic mass is 32.1. The van der Waals surface area contributed by atoms with Crippen LogP contribution in [0.25, 0.3) is 0 Å². The Balaban J connectivity index is 1.88. The van der Waals surface area contributed by atoms with Crippen molar-refractivity contribution in [1.29, 1.82) is 0 Å². The molecule has 18 heavy (non-hydrogen) atoms. The molecule has 0 aliphatic carbocycles. The molecule has 0 amide bonds. The van der Waals surface area contributed by atoms with Gasteiger partial charge in [-0.1, -0.05) is 6.07 Å². The van der Waals surface area contributed by atoms with E-state index in [1.807, 2.05) is 17.8 Å². The number of aromatic nitrogens is 2. The number of nitrogens with zero attached hydrogens (tertiary/aromatic N) is 3. The van der Waals surface area contributed by atoms with Gasteiger partial charge >= 0.3 is 0 Å². The third-order valence-corrected chi connectivity index (χ3v) is 3.19. The maximum Gasteiger partial charge on any atom is 0.125 e. The molecule has 4 nitrogen and oxygen atoms in total. The largest absolute Gasteiger partial charge is 0.370 e. The van der Waals surface area contributed by atoms with E-state index in [2.05, 4.69) is 45.6 Å². The summed E-state index contributed by atoms with van der Waals surface area (Å²) < 4.78 is 0. The van der Waals surface area contributed by atoms with E-state index in [0.29, 0.717) is 0 Å². The second kappa shape index (κ2) is 6.47. The Morgan fingerprint density at radius 3 is 2.78 bits per heavy atom. The molecule has 1 N–H and O–H groups in total. The van der Waals surface area contributed by atoms with Crippen LogP contribution in [-0.4, -0.2) is 28.5 Å². The van der Waals surface area contributed by atoms with Crippen molar-refractivity contribution in [2.24, 2.45) is 0 Å². The van der Waals surface area contributed by atoms with Gasteiger partial charge in [0, 0.05) is 31.2 Å². The molecule has 0 aromatic carbocycles. The molecular weight excluding hydrogens is 244 g/mol. The number of rotatable bonds is 6. The summed E-state index contributed by atoms with van der Waals surface area (Å²) in [7, 11) is 2.09. The molecule has 2 rings (SSSR count). The van der Waals surface area contributed by atoms with Crippen LogP contribution in [0.15, 0.2) is 29.2 Å². The second-order valence-electron chi connectivity index (χ2n) is 4.23. The summed E-state index contributed by atoms with van der Waals surface area (Å²) in [6.45, 7) is 4.72. The highest BCUT2D eigenvalue weighted by Gasteiger charge is 2.03. The minimum atomic E-state index is 0.873. The zero-order chi connectivity index (χ0) is 12.8. The van der Waals surface area contributed by atoms with Crippen LogP contribution in [0, 0.1) is 0 Å². The third-order valence-electron chi connectivity index (χ3n) is 2.55. The fourth-order valence-electron chi connectivity index (χ4n) is 1.76. The molecule has 0 bridgehead atoms. The first-order chi connectivity index (χ1) is 8.78. The van der Waals surface area contributed by atoms with E-state index in [0.717, 1.165) is 31.1 Å². The molecule has 2 heterocycles. The summed E-state index contributed by atoms with van der Waals surface area (Å²) in [5.74, 6) is 0.934. The summed E-state index contributed by atoms with van der Waals surface area (Å²) in [4.78, 5) is 10.9. The Kier molecular flexibility index (Phi) is 4.66. The van der Waals surface area contributed by atoms with Crippen LogP contribution >= 0.6 is 11.3 Å². The fourth-order valence-corrected chi connectivity index (χ4v) is 2.31. The van der Waals surface area contributed by atoms with Crippen LogP contribution in [0.3, 0.4) is 0 Å². The first-order valence-electron chi connectivity index (χ1n) is 6.02. The Labute approximate surface area is 112 Å². The smallest absolute Gasteiger partial charge is 0.125 e. The summed E-state index contributed by atoms with van der Waals surface area (Å²) in [6.07, 6.45) is 1.93. The first kappa shape index (κ1) is 13.0. The summed E-state index contributed by atoms with van der Waals surface area (Å²) in [5, 5.41) is 5.28. The van der Waals surface area contributed by atoms with Gasteiger partial charge in [-0.05, 0) is 25.6 Å². The van der Waals surface area contributed by atoms with Crippen LogP contribution in [0.1, 0.15) is 18.2 Å². The Morgan fingerprint density at radius 1 is 1.28 bits per heavy atom. The molecule has 0 saturated heterocycles. The van der Waals surface area contributed by atoms with Crippen molar-refractivity contribution in [3.63, 3.8) is 0 Å². The number of thiazole rings is 1. The first-order valence-corrected chi connectivity index (χ1v) is 6.96. The van der Waals surface area contributed by atoms with Gasteiger partial charge in [0.25, 0.3) is 0 Å². The predicted octanol–water partition coefficient (Wildman–Crippen LogP) is 2.60. The van der Waals surface area contributed by atoms with Gasteiger partial charge in [-0.3, -0.25) is 4.90 Å². The maximum absolute atomic E-state index is 4.37. The standard InChI is InChI=1S/C13H18N4S/c1-3-14-13-5-4-11(6-15-13)7-17(2)8-12-9-18-10-16-12/h4-6,9-10H,3,7-8H2,1-2H3,(H,14,15). The van der Waals surface area contributed by atoms with Gasteiger partial charge in [-0.25, -0.2) is 9.97 Å². The van der Waals surface area contributed by atoms with E-state index < -0.39 is 0 Å². The van der Waals surface area contributed by atoms with Crippen LogP contribution < -0.4 is 5.32 Å². The summed E-state index contributed by atoms with van der Waals surface area (Å²) in [6, 6.07) is 4.14. The number of anilines is 1. The number of hydrogen-bond acceptors (Lipinski definition) is 5. The van der Waals surface area contributed by atoms with E-state index in [1.54, 1.807) is 11.3 Å². The second-order valence-corrected chi connectivity index (χ2v) is 4.95. The van der Waals surface area contributed by atoms with Gasteiger partial charge in [-0.2, -0.15) is 0 Å².